The van der Waals surface area contributed by atoms with Crippen LogP contribution in [0.15, 0.2) is 77.3 Å². The summed E-state index contributed by atoms with van der Waals surface area (Å²) in [5, 5.41) is 27.2. The van der Waals surface area contributed by atoms with Crippen LogP contribution in [-0.4, -0.2) is 15.7 Å². The SMILES string of the molecule is NNC1=C([N+](=O)[O-])C(O)(c2ccccc2)C(c2ccccc2)=NN1. The van der Waals surface area contributed by atoms with Crippen molar-refractivity contribution in [2.24, 2.45) is 10.9 Å². The van der Waals surface area contributed by atoms with Crippen LogP contribution in [0.4, 0.5) is 0 Å². The van der Waals surface area contributed by atoms with E-state index in [2.05, 4.69) is 16.0 Å². The number of nitro groups is 1. The van der Waals surface area contributed by atoms with Gasteiger partial charge in [-0.15, -0.1) is 0 Å². The maximum absolute atomic E-state index is 11.7. The van der Waals surface area contributed by atoms with Gasteiger partial charge in [0.15, 0.2) is 0 Å². The van der Waals surface area contributed by atoms with Crippen LogP contribution in [0.25, 0.3) is 0 Å². The molecule has 1 aliphatic rings. The fourth-order valence-electron chi connectivity index (χ4n) is 2.68. The second kappa shape index (κ2) is 6.11. The summed E-state index contributed by atoms with van der Waals surface area (Å²) in [5.74, 6) is 5.18. The maximum atomic E-state index is 11.7. The average molecular weight is 325 g/mol. The first-order chi connectivity index (χ1) is 11.6. The van der Waals surface area contributed by atoms with Gasteiger partial charge in [-0.05, 0) is 0 Å². The molecule has 0 fully saturated rings. The highest BCUT2D eigenvalue weighted by atomic mass is 16.6. The summed E-state index contributed by atoms with van der Waals surface area (Å²) >= 11 is 0. The molecule has 1 unspecified atom stereocenters. The lowest BCUT2D eigenvalue weighted by Crippen LogP contribution is -2.49. The molecule has 0 aromatic heterocycles. The summed E-state index contributed by atoms with van der Waals surface area (Å²) in [6.07, 6.45) is 0. The number of nitrogens with zero attached hydrogens (tertiary/aromatic N) is 2. The van der Waals surface area contributed by atoms with Crippen LogP contribution in [0.2, 0.25) is 0 Å². The molecule has 122 valence electrons. The number of rotatable bonds is 4. The van der Waals surface area contributed by atoms with E-state index in [4.69, 9.17) is 5.84 Å². The zero-order valence-corrected chi connectivity index (χ0v) is 12.5. The number of hydrazine groups is 1. The number of nitrogens with one attached hydrogen (secondary N) is 2. The van der Waals surface area contributed by atoms with Crippen LogP contribution in [0.5, 0.6) is 0 Å². The fraction of sp³-hybridized carbons (Fsp3) is 0.0625. The Morgan fingerprint density at radius 3 is 2.25 bits per heavy atom. The van der Waals surface area contributed by atoms with Crippen molar-refractivity contribution >= 4 is 5.71 Å². The Labute approximate surface area is 137 Å². The van der Waals surface area contributed by atoms with Crippen molar-refractivity contribution in [2.75, 3.05) is 0 Å². The van der Waals surface area contributed by atoms with Crippen LogP contribution in [0.3, 0.4) is 0 Å². The molecule has 24 heavy (non-hydrogen) atoms. The van der Waals surface area contributed by atoms with E-state index in [0.29, 0.717) is 11.1 Å². The Morgan fingerprint density at radius 2 is 1.71 bits per heavy atom. The number of nitrogens with two attached hydrogens (primary N) is 1. The smallest absolute Gasteiger partial charge is 0.331 e. The van der Waals surface area contributed by atoms with E-state index in [-0.39, 0.29) is 11.5 Å². The Bertz CT molecular complexity index is 820. The topological polar surface area (TPSA) is 126 Å². The molecule has 0 spiro atoms. The molecule has 0 saturated carbocycles. The Balaban J connectivity index is 2.28. The molecular formula is C16H15N5O3. The highest BCUT2D eigenvalue weighted by Crippen LogP contribution is 2.36. The Hall–Kier alpha value is -3.23. The first-order valence-corrected chi connectivity index (χ1v) is 7.12. The van der Waals surface area contributed by atoms with Crippen molar-refractivity contribution in [3.8, 4) is 0 Å². The van der Waals surface area contributed by atoms with E-state index >= 15 is 0 Å². The highest BCUT2D eigenvalue weighted by molar-refractivity contribution is 6.09. The van der Waals surface area contributed by atoms with Gasteiger partial charge in [0.1, 0.15) is 5.71 Å². The van der Waals surface area contributed by atoms with E-state index in [1.165, 1.54) is 0 Å². The number of hydrogen-bond donors (Lipinski definition) is 4. The zero-order chi connectivity index (χ0) is 17.2. The number of benzene rings is 2. The number of hydrazone groups is 1. The lowest BCUT2D eigenvalue weighted by molar-refractivity contribution is -0.444. The zero-order valence-electron chi connectivity index (χ0n) is 12.5. The minimum atomic E-state index is -2.07. The maximum Gasteiger partial charge on any atom is 0.331 e. The molecule has 3 rings (SSSR count). The van der Waals surface area contributed by atoms with Gasteiger partial charge in [-0.3, -0.25) is 15.5 Å². The molecule has 0 bridgehead atoms. The minimum Gasteiger partial charge on any atom is -0.369 e. The van der Waals surface area contributed by atoms with E-state index in [9.17, 15) is 15.2 Å². The highest BCUT2D eigenvalue weighted by Gasteiger charge is 2.52. The first kappa shape index (κ1) is 15.7. The molecule has 8 nitrogen and oxygen atoms in total. The van der Waals surface area contributed by atoms with Crippen LogP contribution in [0.1, 0.15) is 11.1 Å². The van der Waals surface area contributed by atoms with Crippen molar-refractivity contribution < 1.29 is 10.0 Å². The van der Waals surface area contributed by atoms with Crippen molar-refractivity contribution in [1.29, 1.82) is 0 Å². The molecule has 2 aromatic carbocycles. The Morgan fingerprint density at radius 1 is 1.12 bits per heavy atom. The summed E-state index contributed by atoms with van der Waals surface area (Å²) in [6.45, 7) is 0. The van der Waals surface area contributed by atoms with E-state index in [1.54, 1.807) is 60.7 Å². The summed E-state index contributed by atoms with van der Waals surface area (Å²) in [5.41, 5.74) is 3.07. The molecule has 5 N–H and O–H groups in total. The van der Waals surface area contributed by atoms with Gasteiger partial charge < -0.3 is 10.5 Å². The Kier molecular flexibility index (Phi) is 3.98. The summed E-state index contributed by atoms with van der Waals surface area (Å²) in [6, 6.07) is 17.1. The van der Waals surface area contributed by atoms with Gasteiger partial charge >= 0.3 is 5.70 Å². The second-order valence-electron chi connectivity index (χ2n) is 5.14. The van der Waals surface area contributed by atoms with Gasteiger partial charge in [0, 0.05) is 11.1 Å². The lowest BCUT2D eigenvalue weighted by atomic mass is 9.81. The molecule has 1 atom stereocenters. The van der Waals surface area contributed by atoms with Gasteiger partial charge in [0.25, 0.3) is 0 Å². The molecule has 0 saturated heterocycles. The average Bonchev–Trinajstić information content (AvgIpc) is 2.62. The normalized spacial score (nSPS) is 20.2. The fourth-order valence-corrected chi connectivity index (χ4v) is 2.68. The van der Waals surface area contributed by atoms with Gasteiger partial charge in [0.2, 0.25) is 11.4 Å². The van der Waals surface area contributed by atoms with Crippen LogP contribution >= 0.6 is 0 Å². The third kappa shape index (κ3) is 2.39. The van der Waals surface area contributed by atoms with E-state index in [1.807, 2.05) is 0 Å². The molecule has 2 aromatic rings. The quantitative estimate of drug-likeness (QED) is 0.374. The van der Waals surface area contributed by atoms with Crippen molar-refractivity contribution in [3.63, 3.8) is 0 Å². The summed E-state index contributed by atoms with van der Waals surface area (Å²) < 4.78 is 0. The molecule has 0 radical (unpaired) electrons. The second-order valence-corrected chi connectivity index (χ2v) is 5.14. The first-order valence-electron chi connectivity index (χ1n) is 7.12. The van der Waals surface area contributed by atoms with Gasteiger partial charge in [-0.25, -0.2) is 5.84 Å². The third-order valence-corrected chi connectivity index (χ3v) is 3.77. The number of hydrogen-bond acceptors (Lipinski definition) is 7. The molecule has 0 aliphatic carbocycles. The van der Waals surface area contributed by atoms with Gasteiger partial charge in [0.05, 0.1) is 4.92 Å². The molecule has 1 aliphatic heterocycles. The van der Waals surface area contributed by atoms with Crippen LogP contribution in [0, 0.1) is 10.1 Å². The van der Waals surface area contributed by atoms with E-state index < -0.39 is 16.2 Å². The third-order valence-electron chi connectivity index (χ3n) is 3.77. The molecule has 8 heteroatoms. The predicted octanol–water partition coefficient (Wildman–Crippen LogP) is 0.791. The number of aliphatic hydroxyl groups is 1. The molecule has 0 amide bonds. The minimum absolute atomic E-state index is 0.111. The van der Waals surface area contributed by atoms with Crippen LogP contribution in [-0.2, 0) is 5.60 Å². The standard InChI is InChI=1S/C16H15N5O3/c17-18-15-14(21(23)24)16(22,12-9-5-2-6-10-12)13(19-20-15)11-7-3-1-4-8-11/h1-10,18,20,22H,17H2. The lowest BCUT2D eigenvalue weighted by Gasteiger charge is -2.31. The summed E-state index contributed by atoms with van der Waals surface area (Å²) in [7, 11) is 0. The molecular weight excluding hydrogens is 310 g/mol. The summed E-state index contributed by atoms with van der Waals surface area (Å²) in [4.78, 5) is 11.0. The van der Waals surface area contributed by atoms with E-state index in [0.717, 1.165) is 0 Å². The monoisotopic (exact) mass is 325 g/mol. The largest absolute Gasteiger partial charge is 0.369 e. The van der Waals surface area contributed by atoms with Crippen molar-refractivity contribution in [3.05, 3.63) is 93.4 Å². The molecule has 1 heterocycles. The van der Waals surface area contributed by atoms with Crippen molar-refractivity contribution in [1.82, 2.24) is 10.9 Å². The van der Waals surface area contributed by atoms with Gasteiger partial charge in [-0.1, -0.05) is 60.7 Å². The van der Waals surface area contributed by atoms with Crippen LogP contribution < -0.4 is 16.7 Å². The van der Waals surface area contributed by atoms with Gasteiger partial charge in [-0.2, -0.15) is 5.10 Å². The predicted molar refractivity (Wildman–Crippen MR) is 87.8 cm³/mol. The van der Waals surface area contributed by atoms with Crippen molar-refractivity contribution in [2.45, 2.75) is 5.60 Å².